The zero-order valence-electron chi connectivity index (χ0n) is 14.0. The molecule has 1 aromatic rings. The van der Waals surface area contributed by atoms with Crippen LogP contribution in [0, 0.1) is 17.2 Å². The molecule has 1 amide bonds. The minimum atomic E-state index is -0.488. The fourth-order valence-corrected chi connectivity index (χ4v) is 2.70. The van der Waals surface area contributed by atoms with E-state index in [9.17, 15) is 10.1 Å². The van der Waals surface area contributed by atoms with E-state index in [4.69, 9.17) is 4.74 Å². The highest BCUT2D eigenvalue weighted by atomic mass is 16.6. The summed E-state index contributed by atoms with van der Waals surface area (Å²) in [5.41, 5.74) is 0.103. The van der Waals surface area contributed by atoms with Crippen LogP contribution in [0.4, 0.5) is 10.6 Å². The fraction of sp³-hybridized carbons (Fsp3) is 0.588. The van der Waals surface area contributed by atoms with Crippen LogP contribution in [0.2, 0.25) is 0 Å². The summed E-state index contributed by atoms with van der Waals surface area (Å²) in [6, 6.07) is 5.74. The quantitative estimate of drug-likeness (QED) is 0.927. The normalized spacial score (nSPS) is 18.2. The van der Waals surface area contributed by atoms with Crippen molar-refractivity contribution < 1.29 is 9.53 Å². The van der Waals surface area contributed by atoms with E-state index in [1.165, 1.54) is 0 Å². The molecule has 0 radical (unpaired) electrons. The molecular formula is C17H24N4O2. The molecule has 1 N–H and O–H groups in total. The lowest BCUT2D eigenvalue weighted by atomic mass is 9.97. The number of nitrogens with one attached hydrogen (secondary N) is 1. The van der Waals surface area contributed by atoms with Crippen LogP contribution < -0.4 is 10.2 Å². The van der Waals surface area contributed by atoms with Crippen LogP contribution >= 0.6 is 0 Å². The average molecular weight is 316 g/mol. The molecule has 0 unspecified atom stereocenters. The molecule has 6 heteroatoms. The topological polar surface area (TPSA) is 78.2 Å². The van der Waals surface area contributed by atoms with Crippen LogP contribution in [0.1, 0.15) is 39.2 Å². The Labute approximate surface area is 137 Å². The molecule has 0 aliphatic carbocycles. The maximum Gasteiger partial charge on any atom is 0.407 e. The number of hydrogen-bond donors (Lipinski definition) is 1. The van der Waals surface area contributed by atoms with Crippen molar-refractivity contribution in [2.45, 2.75) is 39.2 Å². The number of anilines is 1. The van der Waals surface area contributed by atoms with E-state index in [-0.39, 0.29) is 6.09 Å². The van der Waals surface area contributed by atoms with Gasteiger partial charge in [0.25, 0.3) is 0 Å². The van der Waals surface area contributed by atoms with Crippen molar-refractivity contribution in [1.82, 2.24) is 10.3 Å². The molecule has 0 bridgehead atoms. The second kappa shape index (κ2) is 7.32. The number of aromatic nitrogens is 1. The van der Waals surface area contributed by atoms with Crippen molar-refractivity contribution in [3.8, 4) is 6.07 Å². The van der Waals surface area contributed by atoms with Crippen molar-refractivity contribution in [2.24, 2.45) is 5.92 Å². The standard InChI is InChI=1S/C17H24N4O2/c1-17(2,3)23-16(22)20-11-13-6-5-9-21(12-13)15-14(10-18)7-4-8-19-15/h4,7-8,13H,5-6,9,11-12H2,1-3H3,(H,20,22)/t13-/m0/s1. The highest BCUT2D eigenvalue weighted by molar-refractivity contribution is 5.67. The first-order valence-electron chi connectivity index (χ1n) is 7.96. The number of carbonyl (C=O) groups excluding carboxylic acids is 1. The van der Waals surface area contributed by atoms with Crippen molar-refractivity contribution in [2.75, 3.05) is 24.5 Å². The summed E-state index contributed by atoms with van der Waals surface area (Å²) in [4.78, 5) is 18.2. The summed E-state index contributed by atoms with van der Waals surface area (Å²) >= 11 is 0. The first-order valence-corrected chi connectivity index (χ1v) is 7.96. The van der Waals surface area contributed by atoms with Gasteiger partial charge in [0.2, 0.25) is 0 Å². The highest BCUT2D eigenvalue weighted by Crippen LogP contribution is 2.23. The number of hydrogen-bond acceptors (Lipinski definition) is 5. The number of rotatable bonds is 3. The summed E-state index contributed by atoms with van der Waals surface area (Å²) in [5, 5.41) is 12.0. The van der Waals surface area contributed by atoms with Crippen molar-refractivity contribution >= 4 is 11.9 Å². The summed E-state index contributed by atoms with van der Waals surface area (Å²) in [7, 11) is 0. The molecule has 124 valence electrons. The monoisotopic (exact) mass is 316 g/mol. The van der Waals surface area contributed by atoms with Crippen molar-refractivity contribution in [3.05, 3.63) is 23.9 Å². The molecule has 1 aromatic heterocycles. The SMILES string of the molecule is CC(C)(C)OC(=O)NC[C@@H]1CCCN(c2ncccc2C#N)C1. The zero-order valence-corrected chi connectivity index (χ0v) is 14.0. The average Bonchev–Trinajstić information content (AvgIpc) is 2.51. The lowest BCUT2D eigenvalue weighted by Gasteiger charge is -2.34. The van der Waals surface area contributed by atoms with Crippen molar-refractivity contribution in [1.29, 1.82) is 5.26 Å². The Hall–Kier alpha value is -2.29. The summed E-state index contributed by atoms with van der Waals surface area (Å²) < 4.78 is 5.26. The Bertz CT molecular complexity index is 589. The van der Waals surface area contributed by atoms with E-state index >= 15 is 0 Å². The Morgan fingerprint density at radius 3 is 3.04 bits per heavy atom. The molecule has 1 atom stereocenters. The number of amides is 1. The Morgan fingerprint density at radius 1 is 1.57 bits per heavy atom. The number of piperidine rings is 1. The molecule has 1 fully saturated rings. The van der Waals surface area contributed by atoms with Crippen LogP contribution in [-0.4, -0.2) is 36.3 Å². The molecule has 2 heterocycles. The predicted molar refractivity (Wildman–Crippen MR) is 88.1 cm³/mol. The van der Waals surface area contributed by atoms with Crippen molar-refractivity contribution in [3.63, 3.8) is 0 Å². The molecule has 2 rings (SSSR count). The number of alkyl carbamates (subject to hydrolysis) is 1. The molecule has 0 saturated carbocycles. The van der Waals surface area contributed by atoms with Gasteiger partial charge in [-0.1, -0.05) is 0 Å². The largest absolute Gasteiger partial charge is 0.444 e. The van der Waals surface area contributed by atoms with Gasteiger partial charge in [-0.3, -0.25) is 0 Å². The molecule has 1 saturated heterocycles. The third-order valence-corrected chi connectivity index (χ3v) is 3.66. The molecule has 0 aromatic carbocycles. The van der Waals surface area contributed by atoms with Gasteiger partial charge in [0.05, 0.1) is 5.56 Å². The molecule has 0 spiro atoms. The number of nitrogens with zero attached hydrogens (tertiary/aromatic N) is 3. The van der Waals surface area contributed by atoms with Gasteiger partial charge in [-0.05, 0) is 51.7 Å². The molecule has 1 aliphatic heterocycles. The molecule has 6 nitrogen and oxygen atoms in total. The van der Waals surface area contributed by atoms with Gasteiger partial charge in [0.1, 0.15) is 17.5 Å². The number of carbonyl (C=O) groups is 1. The molecular weight excluding hydrogens is 292 g/mol. The van der Waals surface area contributed by atoms with E-state index in [2.05, 4.69) is 21.3 Å². The Balaban J connectivity index is 1.91. The second-order valence-electron chi connectivity index (χ2n) is 6.82. The Morgan fingerprint density at radius 2 is 2.35 bits per heavy atom. The maximum absolute atomic E-state index is 11.8. The van der Waals surface area contributed by atoms with Crippen LogP contribution in [-0.2, 0) is 4.74 Å². The van der Waals surface area contributed by atoms with Crippen LogP contribution in [0.15, 0.2) is 18.3 Å². The summed E-state index contributed by atoms with van der Waals surface area (Å²) in [5.74, 6) is 1.06. The van der Waals surface area contributed by atoms with Crippen LogP contribution in [0.3, 0.4) is 0 Å². The summed E-state index contributed by atoms with van der Waals surface area (Å²) in [6.45, 7) is 7.77. The zero-order chi connectivity index (χ0) is 16.9. The van der Waals surface area contributed by atoms with Gasteiger partial charge >= 0.3 is 6.09 Å². The highest BCUT2D eigenvalue weighted by Gasteiger charge is 2.24. The maximum atomic E-state index is 11.8. The first-order chi connectivity index (χ1) is 10.9. The van der Waals surface area contributed by atoms with Gasteiger partial charge in [0, 0.05) is 25.8 Å². The van der Waals surface area contributed by atoms with Crippen LogP contribution in [0.25, 0.3) is 0 Å². The van der Waals surface area contributed by atoms with Gasteiger partial charge in [0.15, 0.2) is 0 Å². The third-order valence-electron chi connectivity index (χ3n) is 3.66. The molecule has 23 heavy (non-hydrogen) atoms. The minimum Gasteiger partial charge on any atom is -0.444 e. The van der Waals surface area contributed by atoms with Gasteiger partial charge in [-0.25, -0.2) is 9.78 Å². The number of ether oxygens (including phenoxy) is 1. The number of pyridine rings is 1. The van der Waals surface area contributed by atoms with Gasteiger partial charge < -0.3 is 15.0 Å². The molecule has 1 aliphatic rings. The Kier molecular flexibility index (Phi) is 5.43. The number of nitriles is 1. The van der Waals surface area contributed by atoms with E-state index in [0.717, 1.165) is 31.7 Å². The van der Waals surface area contributed by atoms with E-state index in [1.54, 1.807) is 18.3 Å². The fourth-order valence-electron chi connectivity index (χ4n) is 2.70. The second-order valence-corrected chi connectivity index (χ2v) is 6.82. The first kappa shape index (κ1) is 17.1. The van der Waals surface area contributed by atoms with E-state index in [0.29, 0.717) is 18.0 Å². The lowest BCUT2D eigenvalue weighted by molar-refractivity contribution is 0.0517. The predicted octanol–water partition coefficient (Wildman–Crippen LogP) is 2.69. The minimum absolute atomic E-state index is 0.324. The third kappa shape index (κ3) is 5.13. The summed E-state index contributed by atoms with van der Waals surface area (Å²) in [6.07, 6.45) is 3.38. The lowest BCUT2D eigenvalue weighted by Crippen LogP contribution is -2.42. The van der Waals surface area contributed by atoms with Gasteiger partial charge in [-0.15, -0.1) is 0 Å². The van der Waals surface area contributed by atoms with Crippen LogP contribution in [0.5, 0.6) is 0 Å². The van der Waals surface area contributed by atoms with E-state index in [1.807, 2.05) is 20.8 Å². The van der Waals surface area contributed by atoms with Gasteiger partial charge in [-0.2, -0.15) is 5.26 Å². The van der Waals surface area contributed by atoms with E-state index < -0.39 is 5.60 Å². The smallest absolute Gasteiger partial charge is 0.407 e.